The van der Waals surface area contributed by atoms with Gasteiger partial charge in [-0.25, -0.2) is 0 Å². The van der Waals surface area contributed by atoms with E-state index in [1.807, 2.05) is 0 Å². The Hall–Kier alpha value is -1.40. The number of nitrogens with one attached hydrogen (secondary N) is 2. The molecule has 100 valence electrons. The minimum Gasteiger partial charge on any atom is -0.377 e. The second-order valence-electron chi connectivity index (χ2n) is 5.05. The highest BCUT2D eigenvalue weighted by Gasteiger charge is 2.18. The van der Waals surface area contributed by atoms with E-state index < -0.39 is 0 Å². The summed E-state index contributed by atoms with van der Waals surface area (Å²) in [6.07, 6.45) is 8.47. The Kier molecular flexibility index (Phi) is 3.56. The zero-order valence-electron chi connectivity index (χ0n) is 10.8. The third-order valence-electron chi connectivity index (χ3n) is 3.61. The van der Waals surface area contributed by atoms with Crippen molar-refractivity contribution in [3.63, 3.8) is 0 Å². The fraction of sp³-hybridized carbons (Fsp3) is 0.667. The van der Waals surface area contributed by atoms with Crippen LogP contribution in [0.5, 0.6) is 0 Å². The standard InChI is InChI=1S/C12H22N6/c1-3-15-5-7-18(11-15)10-14-2-4-16-6-8-17(12-16)9-13-1/h1-4,13-14H,5-12H2/b3-1+,4-2+. The largest absolute Gasteiger partial charge is 0.377 e. The van der Waals surface area contributed by atoms with Crippen molar-refractivity contribution < 1.29 is 0 Å². The van der Waals surface area contributed by atoms with Crippen LogP contribution in [0.2, 0.25) is 0 Å². The molecule has 0 aliphatic carbocycles. The molecule has 3 aliphatic rings. The zero-order chi connectivity index (χ0) is 12.2. The summed E-state index contributed by atoms with van der Waals surface area (Å²) in [6.45, 7) is 8.33. The average Bonchev–Trinajstić information content (AvgIpc) is 2.99. The lowest BCUT2D eigenvalue weighted by Crippen LogP contribution is -2.33. The zero-order valence-corrected chi connectivity index (χ0v) is 10.8. The lowest BCUT2D eigenvalue weighted by molar-refractivity contribution is 0.268. The van der Waals surface area contributed by atoms with Gasteiger partial charge in [-0.3, -0.25) is 9.80 Å². The van der Waals surface area contributed by atoms with Crippen LogP contribution in [-0.4, -0.2) is 72.5 Å². The van der Waals surface area contributed by atoms with Gasteiger partial charge in [0.25, 0.3) is 0 Å². The van der Waals surface area contributed by atoms with Crippen LogP contribution in [0.1, 0.15) is 0 Å². The maximum Gasteiger partial charge on any atom is 0.0717 e. The summed E-state index contributed by atoms with van der Waals surface area (Å²) in [5, 5.41) is 6.74. The highest BCUT2D eigenvalue weighted by atomic mass is 15.4. The molecule has 2 N–H and O–H groups in total. The van der Waals surface area contributed by atoms with Crippen molar-refractivity contribution in [2.75, 3.05) is 52.9 Å². The van der Waals surface area contributed by atoms with E-state index in [1.54, 1.807) is 0 Å². The molecule has 0 amide bonds. The Balaban J connectivity index is 1.61. The van der Waals surface area contributed by atoms with Crippen LogP contribution in [0.3, 0.4) is 0 Å². The minimum atomic E-state index is 0.922. The Morgan fingerprint density at radius 2 is 1.17 bits per heavy atom. The van der Waals surface area contributed by atoms with Gasteiger partial charge in [-0.2, -0.15) is 0 Å². The van der Waals surface area contributed by atoms with Gasteiger partial charge in [-0.1, -0.05) is 0 Å². The second kappa shape index (κ2) is 5.49. The molecule has 2 saturated heterocycles. The molecule has 18 heavy (non-hydrogen) atoms. The molecule has 4 bridgehead atoms. The Labute approximate surface area is 108 Å². The van der Waals surface area contributed by atoms with Gasteiger partial charge in [0.15, 0.2) is 0 Å². The smallest absolute Gasteiger partial charge is 0.0717 e. The molecule has 2 unspecified atom stereocenters. The number of fused-ring (bicyclic) bond motifs is 4. The van der Waals surface area contributed by atoms with E-state index in [4.69, 9.17) is 0 Å². The first-order valence-corrected chi connectivity index (χ1v) is 6.63. The van der Waals surface area contributed by atoms with Crippen LogP contribution in [0.15, 0.2) is 24.8 Å². The summed E-state index contributed by atoms with van der Waals surface area (Å²) >= 11 is 0. The molecule has 0 saturated carbocycles. The fourth-order valence-corrected chi connectivity index (χ4v) is 2.52. The van der Waals surface area contributed by atoms with E-state index in [-0.39, 0.29) is 0 Å². The SMILES string of the molecule is C1=C/N2CCN(CN/C=C/N3CCN(CN/1)C3)C2. The predicted molar refractivity (Wildman–Crippen MR) is 70.8 cm³/mol. The molecule has 0 aromatic heterocycles. The molecule has 0 aromatic rings. The van der Waals surface area contributed by atoms with Gasteiger partial charge in [0.2, 0.25) is 0 Å². The summed E-state index contributed by atoms with van der Waals surface area (Å²) in [5.41, 5.74) is 0. The third-order valence-corrected chi connectivity index (χ3v) is 3.61. The van der Waals surface area contributed by atoms with Gasteiger partial charge in [-0.15, -0.1) is 0 Å². The Morgan fingerprint density at radius 1 is 0.667 bits per heavy atom. The third kappa shape index (κ3) is 2.88. The van der Waals surface area contributed by atoms with Gasteiger partial charge in [-0.05, 0) is 0 Å². The Morgan fingerprint density at radius 3 is 1.67 bits per heavy atom. The average molecular weight is 250 g/mol. The topological polar surface area (TPSA) is 37.0 Å². The van der Waals surface area contributed by atoms with Gasteiger partial charge in [0.05, 0.1) is 26.7 Å². The summed E-state index contributed by atoms with van der Waals surface area (Å²) in [7, 11) is 0. The normalized spacial score (nSPS) is 35.6. The van der Waals surface area contributed by atoms with Crippen LogP contribution in [0.25, 0.3) is 0 Å². The van der Waals surface area contributed by atoms with Crippen molar-refractivity contribution in [3.05, 3.63) is 24.8 Å². The number of nitrogens with zero attached hydrogens (tertiary/aromatic N) is 4. The lowest BCUT2D eigenvalue weighted by atomic mass is 10.6. The first-order chi connectivity index (χ1) is 8.90. The van der Waals surface area contributed by atoms with E-state index in [0.29, 0.717) is 0 Å². The van der Waals surface area contributed by atoms with Crippen molar-refractivity contribution in [1.82, 2.24) is 30.2 Å². The van der Waals surface area contributed by atoms with E-state index in [1.165, 1.54) is 0 Å². The maximum atomic E-state index is 3.37. The number of hydrogen-bond donors (Lipinski definition) is 2. The molecule has 3 aliphatic heterocycles. The van der Waals surface area contributed by atoms with Gasteiger partial charge in [0, 0.05) is 51.0 Å². The highest BCUT2D eigenvalue weighted by Crippen LogP contribution is 2.06. The molecule has 0 radical (unpaired) electrons. The summed E-state index contributed by atoms with van der Waals surface area (Å²) < 4.78 is 0. The molecule has 3 rings (SSSR count). The van der Waals surface area contributed by atoms with Crippen molar-refractivity contribution in [2.24, 2.45) is 0 Å². The van der Waals surface area contributed by atoms with E-state index in [9.17, 15) is 0 Å². The van der Waals surface area contributed by atoms with Crippen LogP contribution in [-0.2, 0) is 0 Å². The fourth-order valence-electron chi connectivity index (χ4n) is 2.52. The first-order valence-electron chi connectivity index (χ1n) is 6.63. The maximum absolute atomic E-state index is 3.37. The van der Waals surface area contributed by atoms with E-state index >= 15 is 0 Å². The quantitative estimate of drug-likeness (QED) is 0.585. The number of rotatable bonds is 0. The highest BCUT2D eigenvalue weighted by molar-refractivity contribution is 4.88. The summed E-state index contributed by atoms with van der Waals surface area (Å²) in [4.78, 5) is 9.47. The monoisotopic (exact) mass is 250 g/mol. The predicted octanol–water partition coefficient (Wildman–Crippen LogP) is -0.813. The molecule has 6 nitrogen and oxygen atoms in total. The molecule has 3 heterocycles. The summed E-state index contributed by atoms with van der Waals surface area (Å²) in [5.74, 6) is 0. The van der Waals surface area contributed by atoms with E-state index in [0.717, 1.165) is 52.9 Å². The van der Waals surface area contributed by atoms with Crippen LogP contribution in [0, 0.1) is 0 Å². The summed E-state index contributed by atoms with van der Waals surface area (Å²) in [6, 6.07) is 0. The molecular formula is C12H22N6. The molecular weight excluding hydrogens is 228 g/mol. The Bertz CT molecular complexity index is 297. The van der Waals surface area contributed by atoms with Crippen LogP contribution in [0.4, 0.5) is 0 Å². The first kappa shape index (κ1) is 11.7. The minimum absolute atomic E-state index is 0.922. The molecule has 2 atom stereocenters. The molecule has 0 spiro atoms. The van der Waals surface area contributed by atoms with Gasteiger partial charge < -0.3 is 20.4 Å². The van der Waals surface area contributed by atoms with Crippen molar-refractivity contribution in [1.29, 1.82) is 0 Å². The molecule has 6 heteroatoms. The van der Waals surface area contributed by atoms with Crippen molar-refractivity contribution >= 4 is 0 Å². The van der Waals surface area contributed by atoms with Crippen molar-refractivity contribution in [2.45, 2.75) is 0 Å². The second-order valence-corrected chi connectivity index (χ2v) is 5.05. The van der Waals surface area contributed by atoms with Crippen LogP contribution >= 0.6 is 0 Å². The van der Waals surface area contributed by atoms with Crippen molar-refractivity contribution in [3.8, 4) is 0 Å². The van der Waals surface area contributed by atoms with Crippen LogP contribution < -0.4 is 10.6 Å². The lowest BCUT2D eigenvalue weighted by Gasteiger charge is -2.19. The molecule has 0 aromatic carbocycles. The molecule has 2 fully saturated rings. The van der Waals surface area contributed by atoms with Gasteiger partial charge in [0.1, 0.15) is 0 Å². The van der Waals surface area contributed by atoms with Gasteiger partial charge >= 0.3 is 0 Å². The van der Waals surface area contributed by atoms with E-state index in [2.05, 4.69) is 55.0 Å². The number of hydrogen-bond acceptors (Lipinski definition) is 6.